The van der Waals surface area contributed by atoms with E-state index in [1.165, 1.54) is 5.57 Å². The molecular formula is C21H30O3. The molecule has 3 fully saturated rings. The zero-order valence-corrected chi connectivity index (χ0v) is 14.8. The molecule has 0 aromatic carbocycles. The van der Waals surface area contributed by atoms with Crippen LogP contribution in [0.3, 0.4) is 0 Å². The fourth-order valence-corrected chi connectivity index (χ4v) is 6.93. The van der Waals surface area contributed by atoms with E-state index in [2.05, 4.69) is 19.8 Å². The van der Waals surface area contributed by atoms with E-state index in [9.17, 15) is 15.3 Å². The van der Waals surface area contributed by atoms with Crippen LogP contribution in [0, 0.1) is 47.3 Å². The molecule has 0 heterocycles. The van der Waals surface area contributed by atoms with Gasteiger partial charge in [-0.25, -0.2) is 0 Å². The molecule has 0 spiro atoms. The number of hydrogen-bond acceptors (Lipinski definition) is 3. The van der Waals surface area contributed by atoms with Crippen LogP contribution in [0.25, 0.3) is 0 Å². The highest BCUT2D eigenvalue weighted by Crippen LogP contribution is 2.65. The van der Waals surface area contributed by atoms with E-state index in [-0.39, 0.29) is 29.3 Å². The van der Waals surface area contributed by atoms with Crippen molar-refractivity contribution in [1.82, 2.24) is 0 Å². The predicted molar refractivity (Wildman–Crippen MR) is 92.8 cm³/mol. The van der Waals surface area contributed by atoms with Gasteiger partial charge in [0.1, 0.15) is 5.60 Å². The first-order valence-electron chi connectivity index (χ1n) is 9.58. The first kappa shape index (κ1) is 16.6. The van der Waals surface area contributed by atoms with Crippen LogP contribution in [-0.4, -0.2) is 33.1 Å². The quantitative estimate of drug-likeness (QED) is 0.472. The highest BCUT2D eigenvalue weighted by atomic mass is 16.3. The van der Waals surface area contributed by atoms with Crippen molar-refractivity contribution in [2.24, 2.45) is 35.0 Å². The Morgan fingerprint density at radius 3 is 2.71 bits per heavy atom. The summed E-state index contributed by atoms with van der Waals surface area (Å²) in [5, 5.41) is 32.1. The lowest BCUT2D eigenvalue weighted by atomic mass is 9.50. The zero-order valence-electron chi connectivity index (χ0n) is 14.8. The second kappa shape index (κ2) is 5.34. The zero-order chi connectivity index (χ0) is 17.3. The van der Waals surface area contributed by atoms with E-state index in [1.807, 2.05) is 6.08 Å². The molecule has 0 bridgehead atoms. The van der Waals surface area contributed by atoms with Crippen LogP contribution in [0.5, 0.6) is 0 Å². The molecule has 4 aliphatic rings. The first-order valence-corrected chi connectivity index (χ1v) is 9.58. The number of aliphatic hydroxyl groups excluding tert-OH is 2. The normalized spacial score (nSPS) is 56.5. The van der Waals surface area contributed by atoms with E-state index >= 15 is 0 Å². The third kappa shape index (κ3) is 1.97. The Morgan fingerprint density at radius 1 is 1.25 bits per heavy atom. The van der Waals surface area contributed by atoms with Crippen molar-refractivity contribution in [2.75, 3.05) is 0 Å². The van der Waals surface area contributed by atoms with Crippen molar-refractivity contribution in [3.05, 3.63) is 11.6 Å². The van der Waals surface area contributed by atoms with Gasteiger partial charge in [0.2, 0.25) is 0 Å². The molecule has 0 aliphatic heterocycles. The van der Waals surface area contributed by atoms with E-state index in [0.29, 0.717) is 11.8 Å². The molecule has 0 saturated heterocycles. The van der Waals surface area contributed by atoms with Crippen molar-refractivity contribution in [3.63, 3.8) is 0 Å². The van der Waals surface area contributed by atoms with Gasteiger partial charge in [-0.1, -0.05) is 31.4 Å². The number of rotatable bonds is 0. The largest absolute Gasteiger partial charge is 0.393 e. The third-order valence-electron chi connectivity index (χ3n) is 8.24. The Labute approximate surface area is 145 Å². The Balaban J connectivity index is 1.72. The molecule has 4 unspecified atom stereocenters. The molecule has 0 amide bonds. The lowest BCUT2D eigenvalue weighted by molar-refractivity contribution is -0.113. The van der Waals surface area contributed by atoms with Crippen molar-refractivity contribution in [1.29, 1.82) is 0 Å². The van der Waals surface area contributed by atoms with Gasteiger partial charge < -0.3 is 15.3 Å². The number of fused-ring (bicyclic) bond motifs is 5. The Bertz CT molecular complexity index is 605. The van der Waals surface area contributed by atoms with E-state index < -0.39 is 11.7 Å². The molecule has 3 nitrogen and oxygen atoms in total. The molecule has 0 radical (unpaired) electrons. The monoisotopic (exact) mass is 330 g/mol. The molecule has 4 aliphatic carbocycles. The fraction of sp³-hybridized carbons (Fsp3) is 0.810. The SMILES string of the molecule is C#C[C@@]1(O)[C@H](C)CC2C3C(O)C=C4C[C@H](O)CC[C@@H]4C3CC[C@@]21C. The van der Waals surface area contributed by atoms with Gasteiger partial charge in [0.25, 0.3) is 0 Å². The van der Waals surface area contributed by atoms with Gasteiger partial charge >= 0.3 is 0 Å². The summed E-state index contributed by atoms with van der Waals surface area (Å²) in [4.78, 5) is 0. The molecular weight excluding hydrogens is 300 g/mol. The second-order valence-electron chi connectivity index (χ2n) is 9.13. The van der Waals surface area contributed by atoms with Crippen LogP contribution in [-0.2, 0) is 0 Å². The highest BCUT2D eigenvalue weighted by Gasteiger charge is 2.65. The van der Waals surface area contributed by atoms with Crippen LogP contribution in [0.4, 0.5) is 0 Å². The van der Waals surface area contributed by atoms with Gasteiger partial charge in [0.15, 0.2) is 0 Å². The summed E-state index contributed by atoms with van der Waals surface area (Å²) >= 11 is 0. The van der Waals surface area contributed by atoms with Crippen LogP contribution < -0.4 is 0 Å². The minimum Gasteiger partial charge on any atom is -0.393 e. The summed E-state index contributed by atoms with van der Waals surface area (Å²) in [6, 6.07) is 0. The standard InChI is InChI=1S/C21H30O3/c1-4-21(24)12(2)9-17-19-16(7-8-20(17,21)3)15-6-5-14(22)10-13(15)11-18(19)23/h1,11-12,14-19,22-24H,5-10H2,2-3H3/t12-,14-,15+,16?,17?,18?,19?,20+,21-/m1/s1. The maximum Gasteiger partial charge on any atom is 0.133 e. The van der Waals surface area contributed by atoms with Crippen molar-refractivity contribution < 1.29 is 15.3 Å². The van der Waals surface area contributed by atoms with Gasteiger partial charge in [0.05, 0.1) is 12.2 Å². The van der Waals surface area contributed by atoms with Crippen molar-refractivity contribution in [3.8, 4) is 12.3 Å². The van der Waals surface area contributed by atoms with E-state index in [4.69, 9.17) is 6.42 Å². The van der Waals surface area contributed by atoms with Crippen molar-refractivity contribution in [2.45, 2.75) is 70.2 Å². The van der Waals surface area contributed by atoms with E-state index in [0.717, 1.165) is 38.5 Å². The lowest BCUT2D eigenvalue weighted by Crippen LogP contribution is -2.55. The van der Waals surface area contributed by atoms with Crippen LogP contribution in [0.1, 0.15) is 52.4 Å². The third-order valence-corrected chi connectivity index (χ3v) is 8.24. The summed E-state index contributed by atoms with van der Waals surface area (Å²) in [6.45, 7) is 4.21. The minimum absolute atomic E-state index is 0.0713. The van der Waals surface area contributed by atoms with Crippen LogP contribution in [0.15, 0.2) is 11.6 Å². The Hall–Kier alpha value is -0.820. The number of aliphatic hydroxyl groups is 3. The van der Waals surface area contributed by atoms with Gasteiger partial charge in [-0.3, -0.25) is 0 Å². The molecule has 132 valence electrons. The van der Waals surface area contributed by atoms with Gasteiger partial charge in [0, 0.05) is 5.41 Å². The fourth-order valence-electron chi connectivity index (χ4n) is 6.93. The molecule has 0 aromatic heterocycles. The van der Waals surface area contributed by atoms with Crippen LogP contribution in [0.2, 0.25) is 0 Å². The van der Waals surface area contributed by atoms with Gasteiger partial charge in [-0.15, -0.1) is 6.42 Å². The number of terminal acetylenes is 1. The molecule has 4 rings (SSSR count). The molecule has 3 N–H and O–H groups in total. The first-order chi connectivity index (χ1) is 11.3. The predicted octanol–water partition coefficient (Wildman–Crippen LogP) is 2.50. The van der Waals surface area contributed by atoms with Gasteiger partial charge in [-0.2, -0.15) is 0 Å². The molecule has 0 aromatic rings. The average Bonchev–Trinajstić information content (AvgIpc) is 2.75. The van der Waals surface area contributed by atoms with Crippen molar-refractivity contribution >= 4 is 0 Å². The lowest BCUT2D eigenvalue weighted by Gasteiger charge is -2.55. The summed E-state index contributed by atoms with van der Waals surface area (Å²) in [5.74, 6) is 4.23. The maximum atomic E-state index is 11.2. The molecule has 9 atom stereocenters. The topological polar surface area (TPSA) is 60.7 Å². The summed E-state index contributed by atoms with van der Waals surface area (Å²) in [5.41, 5.74) is -0.0952. The smallest absolute Gasteiger partial charge is 0.133 e. The van der Waals surface area contributed by atoms with Gasteiger partial charge in [-0.05, 0) is 68.1 Å². The summed E-state index contributed by atoms with van der Waals surface area (Å²) in [6.07, 6.45) is 12.5. The minimum atomic E-state index is -1.06. The number of hydrogen-bond donors (Lipinski definition) is 3. The highest BCUT2D eigenvalue weighted by molar-refractivity contribution is 5.29. The van der Waals surface area contributed by atoms with E-state index in [1.54, 1.807) is 0 Å². The maximum absolute atomic E-state index is 11.2. The Morgan fingerprint density at radius 2 is 2.00 bits per heavy atom. The molecule has 3 heteroatoms. The van der Waals surface area contributed by atoms with Crippen LogP contribution >= 0.6 is 0 Å². The average molecular weight is 330 g/mol. The molecule has 3 saturated carbocycles. The Kier molecular flexibility index (Phi) is 3.70. The summed E-state index contributed by atoms with van der Waals surface area (Å²) in [7, 11) is 0. The second-order valence-corrected chi connectivity index (χ2v) is 9.13. The summed E-state index contributed by atoms with van der Waals surface area (Å²) < 4.78 is 0. The molecule has 24 heavy (non-hydrogen) atoms.